The molecule has 1 aliphatic heterocycles. The van der Waals surface area contributed by atoms with Crippen LogP contribution < -0.4 is 29.6 Å². The van der Waals surface area contributed by atoms with Crippen LogP contribution in [0.3, 0.4) is 0 Å². The fraction of sp³-hybridized carbons (Fsp3) is 0.250. The smallest absolute Gasteiger partial charge is 0.255 e. The van der Waals surface area contributed by atoms with E-state index in [-0.39, 0.29) is 38.9 Å². The van der Waals surface area contributed by atoms with Crippen LogP contribution in [0.1, 0.15) is 55.5 Å². The third kappa shape index (κ3) is 7.26. The molecule has 240 valence electrons. The van der Waals surface area contributed by atoms with Crippen LogP contribution >= 0.6 is 0 Å². The molecule has 0 fully saturated rings. The van der Waals surface area contributed by atoms with Crippen molar-refractivity contribution in [3.05, 3.63) is 111 Å². The summed E-state index contributed by atoms with van der Waals surface area (Å²) in [5, 5.41) is 35.8. The van der Waals surface area contributed by atoms with Crippen molar-refractivity contribution in [1.29, 1.82) is 0 Å². The minimum atomic E-state index is -0.446. The first-order valence-electron chi connectivity index (χ1n) is 14.8. The van der Waals surface area contributed by atoms with Crippen LogP contribution in [-0.4, -0.2) is 48.7 Å². The van der Waals surface area contributed by atoms with Crippen molar-refractivity contribution in [3.8, 4) is 23.0 Å². The molecule has 0 aromatic heterocycles. The van der Waals surface area contributed by atoms with Crippen LogP contribution in [0.5, 0.6) is 23.0 Å². The number of amides is 1. The molecule has 0 saturated heterocycles. The molecule has 0 radical (unpaired) electrons. The van der Waals surface area contributed by atoms with E-state index in [0.29, 0.717) is 45.3 Å². The lowest BCUT2D eigenvalue weighted by molar-refractivity contribution is 0.0935. The van der Waals surface area contributed by atoms with Gasteiger partial charge >= 0.3 is 0 Å². The molecule has 1 amide bonds. The molecule has 5 rings (SSSR count). The third-order valence-electron chi connectivity index (χ3n) is 7.71. The van der Waals surface area contributed by atoms with Crippen molar-refractivity contribution in [2.45, 2.75) is 32.9 Å². The molecule has 4 aromatic rings. The van der Waals surface area contributed by atoms with E-state index in [1.165, 1.54) is 7.11 Å². The number of hydrogen-bond donors (Lipinski definition) is 5. The van der Waals surface area contributed by atoms with Gasteiger partial charge in [-0.15, -0.1) is 0 Å². The van der Waals surface area contributed by atoms with Crippen molar-refractivity contribution in [1.82, 2.24) is 5.32 Å². The lowest BCUT2D eigenvalue weighted by Gasteiger charge is -2.29. The van der Waals surface area contributed by atoms with E-state index in [2.05, 4.69) is 10.6 Å². The quantitative estimate of drug-likeness (QED) is 0.103. The number of aliphatic hydroxyl groups excluding tert-OH is 3. The predicted molar refractivity (Wildman–Crippen MR) is 175 cm³/mol. The summed E-state index contributed by atoms with van der Waals surface area (Å²) in [6.07, 6.45) is 3.33. The molecule has 10 nitrogen and oxygen atoms in total. The number of nitrogens with one attached hydrogen (secondary N) is 2. The summed E-state index contributed by atoms with van der Waals surface area (Å²) in [6.45, 7) is 1.68. The average Bonchev–Trinajstić information content (AvgIpc) is 3.08. The predicted octanol–water partition coefficient (Wildman–Crippen LogP) is 4.97. The highest BCUT2D eigenvalue weighted by Gasteiger charge is 2.25. The number of carbonyl (C=O) groups excluding carboxylic acids is 1. The van der Waals surface area contributed by atoms with E-state index in [1.807, 2.05) is 67.6 Å². The molecule has 1 heterocycles. The molecular formula is C36H38N2O8. The lowest BCUT2D eigenvalue weighted by atomic mass is 10.0. The topological polar surface area (TPSA) is 139 Å². The highest BCUT2D eigenvalue weighted by Crippen LogP contribution is 2.32. The fourth-order valence-corrected chi connectivity index (χ4v) is 5.31. The maximum atomic E-state index is 12.7. The first-order valence-corrected chi connectivity index (χ1v) is 14.8. The minimum absolute atomic E-state index is 0.159. The molecule has 10 heteroatoms. The Bertz CT molecular complexity index is 1710. The molecule has 46 heavy (non-hydrogen) atoms. The summed E-state index contributed by atoms with van der Waals surface area (Å²) in [5.41, 5.74) is 6.54. The van der Waals surface area contributed by atoms with Crippen molar-refractivity contribution in [2.24, 2.45) is 0 Å². The van der Waals surface area contributed by atoms with Gasteiger partial charge in [-0.05, 0) is 77.7 Å². The number of benzene rings is 4. The van der Waals surface area contributed by atoms with Gasteiger partial charge in [0.15, 0.2) is 11.5 Å². The van der Waals surface area contributed by atoms with Gasteiger partial charge in [0.2, 0.25) is 0 Å². The summed E-state index contributed by atoms with van der Waals surface area (Å²) in [4.78, 5) is 12.7. The van der Waals surface area contributed by atoms with E-state index in [1.54, 1.807) is 25.3 Å². The van der Waals surface area contributed by atoms with E-state index >= 15 is 0 Å². The SMILES string of the molecule is COc1ccc(/C=C\c2cc(CO)c(CO)c(OC)c2)cc1OCCOc1ccc(C2NC(=O)c3cc(C)ccc3N2)cc1CO. The summed E-state index contributed by atoms with van der Waals surface area (Å²) >= 11 is 0. The van der Waals surface area contributed by atoms with Crippen molar-refractivity contribution >= 4 is 23.7 Å². The number of anilines is 1. The summed E-state index contributed by atoms with van der Waals surface area (Å²) in [7, 11) is 3.09. The standard InChI is InChI=1S/C36H38N2O8/c1-22-4-9-30-28(14-22)36(42)38-35(37-30)25-8-11-31(27(18-25)20-40)45-12-13-46-34-16-23(7-10-32(34)43-2)5-6-24-15-26(19-39)29(21-41)33(17-24)44-3/h4-11,14-18,35,37,39-41H,12-13,19-21H2,1-3H3,(H,38,42)/b6-5-. The van der Waals surface area contributed by atoms with Crippen molar-refractivity contribution in [2.75, 3.05) is 32.8 Å². The van der Waals surface area contributed by atoms with Crippen LogP contribution in [0.15, 0.2) is 66.7 Å². The summed E-state index contributed by atoms with van der Waals surface area (Å²) in [5.74, 6) is 1.96. The lowest BCUT2D eigenvalue weighted by Crippen LogP contribution is -2.38. The largest absolute Gasteiger partial charge is 0.496 e. The number of rotatable bonds is 13. The molecule has 0 bridgehead atoms. The van der Waals surface area contributed by atoms with E-state index in [4.69, 9.17) is 18.9 Å². The van der Waals surface area contributed by atoms with Crippen LogP contribution in [0.4, 0.5) is 5.69 Å². The summed E-state index contributed by atoms with van der Waals surface area (Å²) < 4.78 is 22.8. The van der Waals surface area contributed by atoms with Gasteiger partial charge in [-0.2, -0.15) is 0 Å². The van der Waals surface area contributed by atoms with Gasteiger partial charge in [-0.1, -0.05) is 35.9 Å². The van der Waals surface area contributed by atoms with Gasteiger partial charge in [0.25, 0.3) is 5.91 Å². The van der Waals surface area contributed by atoms with Crippen LogP contribution in [0, 0.1) is 6.92 Å². The molecule has 5 N–H and O–H groups in total. The number of methoxy groups -OCH3 is 2. The second-order valence-corrected chi connectivity index (χ2v) is 10.7. The first kappa shape index (κ1) is 32.4. The van der Waals surface area contributed by atoms with Gasteiger partial charge in [0.05, 0.1) is 39.6 Å². The van der Waals surface area contributed by atoms with Gasteiger partial charge in [-0.3, -0.25) is 4.79 Å². The first-order chi connectivity index (χ1) is 22.4. The second-order valence-electron chi connectivity index (χ2n) is 10.7. The Hall–Kier alpha value is -5.03. The molecule has 0 aliphatic carbocycles. The number of carbonyl (C=O) groups is 1. The molecule has 1 unspecified atom stereocenters. The van der Waals surface area contributed by atoms with Gasteiger partial charge < -0.3 is 44.9 Å². The monoisotopic (exact) mass is 626 g/mol. The van der Waals surface area contributed by atoms with Gasteiger partial charge in [0, 0.05) is 16.8 Å². The molecule has 1 aliphatic rings. The number of aryl methyl sites for hydroxylation is 1. The number of aliphatic hydroxyl groups is 3. The molecule has 1 atom stereocenters. The number of hydrogen-bond acceptors (Lipinski definition) is 9. The van der Waals surface area contributed by atoms with E-state index < -0.39 is 6.17 Å². The normalized spacial score (nSPS) is 14.0. The van der Waals surface area contributed by atoms with Crippen LogP contribution in [0.25, 0.3) is 12.2 Å². The molecule has 0 spiro atoms. The Morgan fingerprint density at radius 2 is 1.39 bits per heavy atom. The number of ether oxygens (including phenoxy) is 4. The summed E-state index contributed by atoms with van der Waals surface area (Å²) in [6, 6.07) is 20.3. The fourth-order valence-electron chi connectivity index (χ4n) is 5.31. The zero-order valence-electron chi connectivity index (χ0n) is 26.0. The van der Waals surface area contributed by atoms with E-state index in [9.17, 15) is 20.1 Å². The maximum absolute atomic E-state index is 12.7. The highest BCUT2D eigenvalue weighted by molar-refractivity contribution is 6.01. The van der Waals surface area contributed by atoms with Crippen LogP contribution in [-0.2, 0) is 19.8 Å². The van der Waals surface area contributed by atoms with Crippen molar-refractivity contribution in [3.63, 3.8) is 0 Å². The molecular weight excluding hydrogens is 588 g/mol. The third-order valence-corrected chi connectivity index (χ3v) is 7.71. The Labute approximate surface area is 267 Å². The molecule has 0 saturated carbocycles. The Kier molecular flexibility index (Phi) is 10.4. The zero-order valence-corrected chi connectivity index (χ0v) is 26.0. The highest BCUT2D eigenvalue weighted by atomic mass is 16.5. The van der Waals surface area contributed by atoms with Gasteiger partial charge in [0.1, 0.15) is 30.9 Å². The van der Waals surface area contributed by atoms with Crippen molar-refractivity contribution < 1.29 is 39.1 Å². The molecule has 4 aromatic carbocycles. The second kappa shape index (κ2) is 14.8. The Morgan fingerprint density at radius 1 is 0.696 bits per heavy atom. The average molecular weight is 627 g/mol. The Morgan fingerprint density at radius 3 is 2.11 bits per heavy atom. The zero-order chi connectivity index (χ0) is 32.6. The van der Waals surface area contributed by atoms with E-state index in [0.717, 1.165) is 27.9 Å². The van der Waals surface area contributed by atoms with Gasteiger partial charge in [-0.25, -0.2) is 0 Å². The Balaban J connectivity index is 1.22. The minimum Gasteiger partial charge on any atom is -0.496 e. The number of fused-ring (bicyclic) bond motifs is 1. The van der Waals surface area contributed by atoms with Crippen LogP contribution in [0.2, 0.25) is 0 Å². The maximum Gasteiger partial charge on any atom is 0.255 e.